The minimum absolute atomic E-state index is 0.0401. The zero-order chi connectivity index (χ0) is 16.1. The summed E-state index contributed by atoms with van der Waals surface area (Å²) in [5.74, 6) is 5.21. The molecule has 0 aromatic heterocycles. The maximum Gasteiger partial charge on any atom is 0.237 e. The Labute approximate surface area is 131 Å². The second kappa shape index (κ2) is 8.19. The highest BCUT2D eigenvalue weighted by molar-refractivity contribution is 5.81. The molecule has 128 valence electrons. The Morgan fingerprint density at radius 2 is 2.36 bits per heavy atom. The molecule has 2 aliphatic heterocycles. The first-order chi connectivity index (χ1) is 10.5. The fourth-order valence-corrected chi connectivity index (χ4v) is 3.13. The molecule has 5 atom stereocenters. The topological polar surface area (TPSA) is 109 Å². The van der Waals surface area contributed by atoms with Crippen LogP contribution in [-0.2, 0) is 14.4 Å². The Kier molecular flexibility index (Phi) is 6.54. The molecule has 0 spiro atoms. The summed E-state index contributed by atoms with van der Waals surface area (Å²) in [6.07, 6.45) is 0.974. The number of nitrogens with zero attached hydrogens (tertiary/aromatic N) is 1. The van der Waals surface area contributed by atoms with Gasteiger partial charge in [0.1, 0.15) is 6.10 Å². The lowest BCUT2D eigenvalue weighted by molar-refractivity contribution is -0.255. The normalized spacial score (nSPS) is 35.8. The number of nitrogens with two attached hydrogens (primary N) is 1. The van der Waals surface area contributed by atoms with Crippen LogP contribution in [0.2, 0.25) is 0 Å². The molecule has 0 unspecified atom stereocenters. The largest absolute Gasteiger partial charge is 0.386 e. The predicted molar refractivity (Wildman–Crippen MR) is 80.7 cm³/mol. The number of aliphatic hydroxyl groups excluding tert-OH is 1. The van der Waals surface area contributed by atoms with Gasteiger partial charge in [-0.25, -0.2) is 5.90 Å². The summed E-state index contributed by atoms with van der Waals surface area (Å²) in [4.78, 5) is 18.6. The van der Waals surface area contributed by atoms with Gasteiger partial charge in [0, 0.05) is 19.1 Å². The third-order valence-corrected chi connectivity index (χ3v) is 4.45. The van der Waals surface area contributed by atoms with Gasteiger partial charge in [-0.2, -0.15) is 0 Å². The van der Waals surface area contributed by atoms with E-state index in [-0.39, 0.29) is 24.1 Å². The summed E-state index contributed by atoms with van der Waals surface area (Å²) in [5, 5.41) is 16.3. The Hall–Kier alpha value is -0.770. The number of hydrogen-bond acceptors (Lipinski definition) is 7. The van der Waals surface area contributed by atoms with E-state index in [0.717, 1.165) is 19.4 Å². The van der Waals surface area contributed by atoms with Crippen LogP contribution in [0, 0.1) is 0 Å². The Balaban J connectivity index is 1.75. The number of amides is 1. The number of rotatable bonds is 6. The second-order valence-electron chi connectivity index (χ2n) is 6.17. The quantitative estimate of drug-likeness (QED) is 0.444. The van der Waals surface area contributed by atoms with Crippen molar-refractivity contribution in [2.24, 2.45) is 5.90 Å². The molecule has 0 radical (unpaired) electrons. The molecule has 2 rings (SSSR count). The molecular weight excluding hydrogens is 288 g/mol. The highest BCUT2D eigenvalue weighted by Gasteiger charge is 2.38. The van der Waals surface area contributed by atoms with E-state index in [9.17, 15) is 9.90 Å². The molecule has 22 heavy (non-hydrogen) atoms. The van der Waals surface area contributed by atoms with E-state index < -0.39 is 12.4 Å². The first-order valence-corrected chi connectivity index (χ1v) is 7.93. The van der Waals surface area contributed by atoms with Crippen LogP contribution in [0.25, 0.3) is 0 Å². The van der Waals surface area contributed by atoms with Gasteiger partial charge in [-0.05, 0) is 39.8 Å². The van der Waals surface area contributed by atoms with Gasteiger partial charge in [0.05, 0.1) is 12.1 Å². The smallest absolute Gasteiger partial charge is 0.237 e. The zero-order valence-electron chi connectivity index (χ0n) is 13.3. The van der Waals surface area contributed by atoms with Crippen molar-refractivity contribution >= 4 is 5.91 Å². The molecular formula is C14H28N4O4. The van der Waals surface area contributed by atoms with Crippen molar-refractivity contribution in [3.05, 3.63) is 0 Å². The molecule has 5 N–H and O–H groups in total. The fourth-order valence-electron chi connectivity index (χ4n) is 3.13. The van der Waals surface area contributed by atoms with Crippen molar-refractivity contribution in [3.63, 3.8) is 0 Å². The van der Waals surface area contributed by atoms with E-state index in [1.54, 1.807) is 0 Å². The number of nitrogens with one attached hydrogen (secondary N) is 2. The average Bonchev–Trinajstić information content (AvgIpc) is 3.03. The SMILES string of the molecule is C[C@@H]1C[C@H](N(C)CCNC(=O)[C@@H]2CCCN2)[C@@H](O)[C@H](ON)O1. The van der Waals surface area contributed by atoms with Crippen molar-refractivity contribution in [3.8, 4) is 0 Å². The van der Waals surface area contributed by atoms with Gasteiger partial charge in [-0.1, -0.05) is 0 Å². The van der Waals surface area contributed by atoms with Crippen LogP contribution < -0.4 is 16.5 Å². The molecule has 2 saturated heterocycles. The van der Waals surface area contributed by atoms with Crippen molar-refractivity contribution in [2.75, 3.05) is 26.7 Å². The summed E-state index contributed by atoms with van der Waals surface area (Å²) < 4.78 is 5.44. The number of ether oxygens (including phenoxy) is 1. The summed E-state index contributed by atoms with van der Waals surface area (Å²) in [7, 11) is 1.92. The molecule has 0 aliphatic carbocycles. The Morgan fingerprint density at radius 1 is 1.59 bits per heavy atom. The number of hydrogen-bond donors (Lipinski definition) is 4. The molecule has 8 heteroatoms. The van der Waals surface area contributed by atoms with Crippen LogP contribution in [0.5, 0.6) is 0 Å². The zero-order valence-corrected chi connectivity index (χ0v) is 13.3. The maximum absolute atomic E-state index is 11.9. The van der Waals surface area contributed by atoms with E-state index in [1.165, 1.54) is 0 Å². The van der Waals surface area contributed by atoms with Crippen LogP contribution >= 0.6 is 0 Å². The first kappa shape index (κ1) is 17.6. The Morgan fingerprint density at radius 3 is 3.00 bits per heavy atom. The summed E-state index contributed by atoms with van der Waals surface area (Å²) in [6, 6.07) is -0.173. The van der Waals surface area contributed by atoms with E-state index >= 15 is 0 Å². The molecule has 0 aromatic rings. The van der Waals surface area contributed by atoms with Crippen molar-refractivity contribution in [1.82, 2.24) is 15.5 Å². The van der Waals surface area contributed by atoms with Crippen LogP contribution in [0.3, 0.4) is 0 Å². The summed E-state index contributed by atoms with van der Waals surface area (Å²) in [5.41, 5.74) is 0. The third-order valence-electron chi connectivity index (χ3n) is 4.45. The number of likely N-dealkylation sites (N-methyl/N-ethyl adjacent to an activating group) is 1. The first-order valence-electron chi connectivity index (χ1n) is 7.93. The van der Waals surface area contributed by atoms with Crippen molar-refractivity contribution in [1.29, 1.82) is 0 Å². The van der Waals surface area contributed by atoms with Crippen LogP contribution in [-0.4, -0.2) is 73.2 Å². The molecule has 0 bridgehead atoms. The van der Waals surface area contributed by atoms with Gasteiger partial charge in [-0.15, -0.1) is 0 Å². The highest BCUT2D eigenvalue weighted by Crippen LogP contribution is 2.23. The summed E-state index contributed by atoms with van der Waals surface area (Å²) in [6.45, 7) is 4.02. The predicted octanol–water partition coefficient (Wildman–Crippen LogP) is -1.46. The summed E-state index contributed by atoms with van der Waals surface area (Å²) >= 11 is 0. The number of carbonyl (C=O) groups excluding carboxylic acids is 1. The molecule has 2 heterocycles. The number of aliphatic hydroxyl groups is 1. The van der Waals surface area contributed by atoms with Crippen molar-refractivity contribution < 1.29 is 19.5 Å². The van der Waals surface area contributed by atoms with Crippen LogP contribution in [0.4, 0.5) is 0 Å². The molecule has 0 aromatic carbocycles. The second-order valence-corrected chi connectivity index (χ2v) is 6.17. The third kappa shape index (κ3) is 4.37. The Bertz CT molecular complexity index is 365. The van der Waals surface area contributed by atoms with Gasteiger partial charge in [0.2, 0.25) is 12.2 Å². The maximum atomic E-state index is 11.9. The van der Waals surface area contributed by atoms with Gasteiger partial charge < -0.3 is 20.5 Å². The lowest BCUT2D eigenvalue weighted by Crippen LogP contribution is -2.56. The van der Waals surface area contributed by atoms with Crippen LogP contribution in [0.15, 0.2) is 0 Å². The minimum Gasteiger partial charge on any atom is -0.386 e. The van der Waals surface area contributed by atoms with Gasteiger partial charge in [0.15, 0.2) is 0 Å². The fraction of sp³-hybridized carbons (Fsp3) is 0.929. The molecule has 2 aliphatic rings. The van der Waals surface area contributed by atoms with Crippen molar-refractivity contribution in [2.45, 2.75) is 56.8 Å². The van der Waals surface area contributed by atoms with E-state index in [0.29, 0.717) is 19.5 Å². The lowest BCUT2D eigenvalue weighted by atomic mass is 9.99. The van der Waals surface area contributed by atoms with Gasteiger partial charge in [-0.3, -0.25) is 14.5 Å². The molecule has 8 nitrogen and oxygen atoms in total. The standard InChI is InChI=1S/C14H28N4O4/c1-9-8-11(12(19)14(21-9)22-15)18(2)7-6-17-13(20)10-4-3-5-16-10/h9-12,14,16,19H,3-8,15H2,1-2H3,(H,17,20)/t9-,10+,11+,12-,14+/m1/s1. The highest BCUT2D eigenvalue weighted by atomic mass is 16.8. The monoisotopic (exact) mass is 316 g/mol. The van der Waals surface area contributed by atoms with Gasteiger partial charge >= 0.3 is 0 Å². The molecule has 2 fully saturated rings. The molecule has 0 saturated carbocycles. The lowest BCUT2D eigenvalue weighted by Gasteiger charge is -2.41. The minimum atomic E-state index is -0.812. The van der Waals surface area contributed by atoms with Crippen LogP contribution in [0.1, 0.15) is 26.2 Å². The van der Waals surface area contributed by atoms with E-state index in [2.05, 4.69) is 15.5 Å². The van der Waals surface area contributed by atoms with E-state index in [1.807, 2.05) is 18.9 Å². The van der Waals surface area contributed by atoms with E-state index in [4.69, 9.17) is 10.6 Å². The van der Waals surface area contributed by atoms with Gasteiger partial charge in [0.25, 0.3) is 0 Å². The molecule has 1 amide bonds. The average molecular weight is 316 g/mol. The number of carbonyl (C=O) groups is 1.